The van der Waals surface area contributed by atoms with Crippen LogP contribution in [-0.2, 0) is 9.17 Å². The second-order valence-electron chi connectivity index (χ2n) is 18.0. The van der Waals surface area contributed by atoms with Gasteiger partial charge in [-0.2, -0.15) is 0 Å². The molecule has 0 saturated heterocycles. The average molecular weight is 2560 g/mol. The van der Waals surface area contributed by atoms with Crippen molar-refractivity contribution in [2.75, 3.05) is 7.11 Å². The molecule has 31 atom stereocenters. The number of carbonyl (C=O) groups is 3. The van der Waals surface area contributed by atoms with Gasteiger partial charge in [0.1, 0.15) is 0 Å². The molecular formula is C40H84BrCl5N3O4P49Sn. The van der Waals surface area contributed by atoms with Crippen molar-refractivity contribution in [1.82, 2.24) is 15.0 Å². The van der Waals surface area contributed by atoms with Crippen LogP contribution < -0.4 is 0 Å². The predicted octanol–water partition coefficient (Wildman–Crippen LogP) is 40.4. The summed E-state index contributed by atoms with van der Waals surface area (Å²) in [6.07, 6.45) is 6.67. The maximum absolute atomic E-state index is 11.2. The minimum Gasteiger partial charge on any atom is -0.298 e. The summed E-state index contributed by atoms with van der Waals surface area (Å²) in [5, 5.41) is 1.66. The number of carbonyl (C=O) groups excluding carboxylic acids is 3. The van der Waals surface area contributed by atoms with Crippen LogP contribution in [0.4, 0.5) is 0 Å². The van der Waals surface area contributed by atoms with Gasteiger partial charge in [0.15, 0.2) is 12.6 Å². The van der Waals surface area contributed by atoms with Gasteiger partial charge in [-0.3, -0.25) is 19.6 Å². The van der Waals surface area contributed by atoms with Crippen molar-refractivity contribution in [1.29, 1.82) is 0 Å². The molecule has 0 aliphatic carbocycles. The van der Waals surface area contributed by atoms with Gasteiger partial charge in [0.2, 0.25) is 0 Å². The molecule has 574 valence electrons. The minimum absolute atomic E-state index is 0.00181. The number of pyridine rings is 3. The Labute approximate surface area is 744 Å². The van der Waals surface area contributed by atoms with E-state index in [4.69, 9.17) is 58.0 Å². The summed E-state index contributed by atoms with van der Waals surface area (Å²) >= 11 is 32.5. The molecule has 0 bridgehead atoms. The predicted molar refractivity (Wildman–Crippen MR) is 638 cm³/mol. The molecule has 6 rings (SSSR count). The number of esters is 1. The van der Waals surface area contributed by atoms with Crippen molar-refractivity contribution in [2.24, 2.45) is 0 Å². The van der Waals surface area contributed by atoms with Crippen LogP contribution in [-0.4, -0.2) is 61.7 Å². The minimum atomic E-state index is -0.539. The van der Waals surface area contributed by atoms with Crippen LogP contribution in [0.2, 0.25) is 29.5 Å². The zero-order chi connectivity index (χ0) is 78.9. The summed E-state index contributed by atoms with van der Waals surface area (Å²) in [5.41, 5.74) is 5.59. The van der Waals surface area contributed by atoms with E-state index in [0.717, 1.165) is 41.2 Å². The largest absolute Gasteiger partial charge is 0.298 e. The number of hydrogen-bond donors (Lipinski definition) is 0. The van der Waals surface area contributed by atoms with Gasteiger partial charge in [0.25, 0.3) is 0 Å². The van der Waals surface area contributed by atoms with E-state index in [1.807, 2.05) is 54.7 Å². The third-order valence-electron chi connectivity index (χ3n) is 10.9. The van der Waals surface area contributed by atoms with Crippen LogP contribution in [0.3, 0.4) is 0 Å². The van der Waals surface area contributed by atoms with E-state index >= 15 is 0 Å². The molecule has 0 aliphatic heterocycles. The molecule has 3 heterocycles. The molecule has 0 amide bonds. The SMILES string of the molecule is COC(=O)c1c(Cl)cc(Br)cc1Cl.C[CH2][Sn][CH2]c1ccccn1.O=Cc1c(Cl)cc(-c2ccccn2)cc1Cl.O=Cc1ccc(-c2ccccn2)cc1Cl.PP(P)P(P)P(P(P)P)P(P(P(P)P)P(P)P)P(P(P)P)P(P)P.PPP(P(P)P)P(P(P)P)P(P(P(P)P)P(P)P)P(P(P)P)P(P)P. The topological polar surface area (TPSA) is 99.1 Å². The van der Waals surface area contributed by atoms with Gasteiger partial charge in [-0.05, 0) is 214 Å². The number of methoxy groups -OCH3 is 1. The van der Waals surface area contributed by atoms with Crippen molar-refractivity contribution >= 4 is 507 Å². The summed E-state index contributed by atoms with van der Waals surface area (Å²) in [6.45, 7) is 3.19. The van der Waals surface area contributed by atoms with Gasteiger partial charge in [0, 0.05) is 33.6 Å². The maximum Gasteiger partial charge on any atom is 0.153 e. The molecule has 3 aromatic carbocycles. The van der Waals surface area contributed by atoms with E-state index < -0.39 is 5.97 Å². The molecule has 0 saturated carbocycles. The molecule has 0 N–H and O–H groups in total. The van der Waals surface area contributed by atoms with Crippen LogP contribution in [0.5, 0.6) is 0 Å². The van der Waals surface area contributed by atoms with Gasteiger partial charge >= 0.3 is 78.0 Å². The van der Waals surface area contributed by atoms with Crippen molar-refractivity contribution in [3.63, 3.8) is 0 Å². The van der Waals surface area contributed by atoms with E-state index in [-0.39, 0.29) is 190 Å². The van der Waals surface area contributed by atoms with E-state index in [0.29, 0.717) is 32.5 Å². The molecule has 7 nitrogen and oxygen atoms in total. The van der Waals surface area contributed by atoms with E-state index in [9.17, 15) is 14.4 Å². The molecule has 2 radical (unpaired) electrons. The molecular weight excluding hydrogens is 2480 g/mol. The number of aromatic nitrogens is 3. The number of aldehydes is 2. The van der Waals surface area contributed by atoms with Gasteiger partial charge < -0.3 is 4.74 Å². The standard InChI is InChI=1S/C12H7Cl2NO.C12H8ClNO.C8H5BrCl2O2.C6H6N.C2H5.H27P25.H26P24.Sn/c13-10-5-8(6-11(14)9(10)7-16)12-3-1-2-4-15-12;13-11-7-9(4-5-10(11)8-15)12-3-1-2-6-14-12;1-13-8(12)7-5(10)2-4(9)3-6(7)11;1-6-4-2-3-5-7-6;1-2;1-14-21(15(2)3)24(20(12)13)25(22(16(4)5)17(6)7)23(18(8)9)19(10)11;1-14(2)20(13)23(19(11)12)24(21(15(3)4)16(5)6)22(17(7)8)18(9)10;/h1-7H;1-8H;2-3H,1H3;2-5H,1H2;1H2,2H3;14H,1-13H2;1-13H2;. The molecule has 63 heteroatoms. The first-order valence-corrected chi connectivity index (χ1v) is 121. The summed E-state index contributed by atoms with van der Waals surface area (Å²) < 4.78 is 7.94. The molecule has 3 aromatic heterocycles. The Bertz CT molecular complexity index is 3300. The third-order valence-corrected chi connectivity index (χ3v) is 332. The fourth-order valence-electron chi connectivity index (χ4n) is 6.78. The Morgan fingerprint density at radius 3 is 1.14 bits per heavy atom. The number of halogens is 6. The second-order valence-corrected chi connectivity index (χ2v) is 219. The van der Waals surface area contributed by atoms with Crippen LogP contribution in [0.25, 0.3) is 22.5 Å². The molecule has 6 aromatic rings. The molecule has 0 fully saturated rings. The Kier molecular flexibility index (Phi) is 78.2. The van der Waals surface area contributed by atoms with Gasteiger partial charge in [-0.15, -0.1) is 232 Å². The van der Waals surface area contributed by atoms with Crippen LogP contribution in [0.15, 0.2) is 120 Å². The van der Waals surface area contributed by atoms with Crippen molar-refractivity contribution < 1.29 is 19.1 Å². The van der Waals surface area contributed by atoms with Crippen molar-refractivity contribution in [2.45, 2.75) is 15.8 Å². The Balaban J connectivity index is 0.000000632. The van der Waals surface area contributed by atoms with Crippen LogP contribution >= 0.6 is 468 Å². The number of rotatable bonds is 29. The number of benzene rings is 3. The van der Waals surface area contributed by atoms with Crippen molar-refractivity contribution in [3.8, 4) is 22.5 Å². The van der Waals surface area contributed by atoms with E-state index in [1.165, 1.54) is 21.7 Å². The summed E-state index contributed by atoms with van der Waals surface area (Å²) in [5.74, 6) is -0.539. The molecule has 0 spiro atoms. The number of ether oxygens (including phenoxy) is 1. The molecule has 31 unspecified atom stereocenters. The van der Waals surface area contributed by atoms with Gasteiger partial charge in [-0.25, -0.2) is 4.79 Å². The summed E-state index contributed by atoms with van der Waals surface area (Å²) in [4.78, 5) is 45.1. The van der Waals surface area contributed by atoms with Gasteiger partial charge in [0.05, 0.1) is 54.7 Å². The van der Waals surface area contributed by atoms with E-state index in [1.54, 1.807) is 48.8 Å². The van der Waals surface area contributed by atoms with Gasteiger partial charge in [-0.1, -0.05) is 100 Å². The zero-order valence-electron chi connectivity index (χ0n) is 54.1. The first-order chi connectivity index (χ1) is 48.2. The summed E-state index contributed by atoms with van der Waals surface area (Å²) in [7, 11) is 86.0. The fraction of sp³-hybridized carbons (Fsp3) is 0.100. The van der Waals surface area contributed by atoms with Crippen LogP contribution in [0, 0.1) is 0 Å². The zero-order valence-corrected chi connectivity index (χ0v) is 113. The first kappa shape index (κ1) is 119. The normalized spacial score (nSPS) is 13.0. The Morgan fingerprint density at radius 1 is 0.456 bits per heavy atom. The van der Waals surface area contributed by atoms with Crippen LogP contribution in [0.1, 0.15) is 43.7 Å². The molecule has 0 aliphatic rings. The molecule has 103 heavy (non-hydrogen) atoms. The average Bonchev–Trinajstić information content (AvgIpc) is 0.789. The third kappa shape index (κ3) is 45.6. The monoisotopic (exact) mass is 2560 g/mol. The second kappa shape index (κ2) is 67.8. The Morgan fingerprint density at radius 2 is 0.835 bits per heavy atom. The quantitative estimate of drug-likeness (QED) is 0.0200. The first-order valence-electron chi connectivity index (χ1n) is 26.8. The maximum atomic E-state index is 11.2. The summed E-state index contributed by atoms with van der Waals surface area (Å²) in [6, 6.07) is 29.2. The van der Waals surface area contributed by atoms with E-state index in [2.05, 4.69) is 287 Å². The fourth-order valence-corrected chi connectivity index (χ4v) is 615. The number of nitrogens with zero attached hydrogens (tertiary/aromatic N) is 3. The van der Waals surface area contributed by atoms with Crippen molar-refractivity contribution in [3.05, 3.63) is 168 Å². The smallest absolute Gasteiger partial charge is 0.153 e. The number of hydrogen-bond acceptors (Lipinski definition) is 7. The Hall–Kier alpha value is 17.7.